The average molecular weight is 298 g/mol. The van der Waals surface area contributed by atoms with Crippen molar-refractivity contribution in [3.63, 3.8) is 0 Å². The summed E-state index contributed by atoms with van der Waals surface area (Å²) >= 11 is 0. The summed E-state index contributed by atoms with van der Waals surface area (Å²) < 4.78 is 26.2. The van der Waals surface area contributed by atoms with Gasteiger partial charge in [-0.25, -0.2) is 13.1 Å². The predicted octanol–water partition coefficient (Wildman–Crippen LogP) is 1.76. The number of carbonyl (C=O) groups excluding carboxylic acids is 1. The van der Waals surface area contributed by atoms with E-state index in [4.69, 9.17) is 0 Å². The number of sulfonamides is 1. The van der Waals surface area contributed by atoms with Gasteiger partial charge in [0.2, 0.25) is 10.0 Å². The summed E-state index contributed by atoms with van der Waals surface area (Å²) in [5.74, 6) is 0.0485. The number of rotatable bonds is 6. The Morgan fingerprint density at radius 2 is 1.90 bits per heavy atom. The lowest BCUT2D eigenvalue weighted by Gasteiger charge is -2.17. The summed E-state index contributed by atoms with van der Waals surface area (Å²) in [6.07, 6.45) is 0. The van der Waals surface area contributed by atoms with Gasteiger partial charge in [-0.15, -0.1) is 0 Å². The zero-order valence-electron chi connectivity index (χ0n) is 12.3. The van der Waals surface area contributed by atoms with E-state index in [1.165, 1.54) is 12.1 Å². The molecule has 20 heavy (non-hydrogen) atoms. The van der Waals surface area contributed by atoms with Gasteiger partial charge >= 0.3 is 0 Å². The van der Waals surface area contributed by atoms with Crippen LogP contribution >= 0.6 is 0 Å². The molecule has 0 fully saturated rings. The third kappa shape index (κ3) is 4.31. The van der Waals surface area contributed by atoms with Crippen LogP contribution in [0.4, 0.5) is 0 Å². The first-order valence-electron chi connectivity index (χ1n) is 6.68. The monoisotopic (exact) mass is 298 g/mol. The molecule has 0 aliphatic heterocycles. The van der Waals surface area contributed by atoms with Crippen molar-refractivity contribution in [3.8, 4) is 0 Å². The van der Waals surface area contributed by atoms with Crippen molar-refractivity contribution in [3.05, 3.63) is 29.8 Å². The maximum atomic E-state index is 12.1. The Morgan fingerprint density at radius 1 is 1.25 bits per heavy atom. The summed E-state index contributed by atoms with van der Waals surface area (Å²) in [5.41, 5.74) is 0.344. The fourth-order valence-corrected chi connectivity index (χ4v) is 2.62. The second-order valence-corrected chi connectivity index (χ2v) is 6.80. The second kappa shape index (κ2) is 6.85. The van der Waals surface area contributed by atoms with E-state index in [2.05, 4.69) is 10.0 Å². The van der Waals surface area contributed by atoms with Crippen LogP contribution < -0.4 is 10.0 Å². The molecule has 6 heteroatoms. The van der Waals surface area contributed by atoms with E-state index in [1.54, 1.807) is 19.1 Å². The van der Waals surface area contributed by atoms with Gasteiger partial charge in [0.1, 0.15) is 0 Å². The van der Waals surface area contributed by atoms with Gasteiger partial charge in [-0.05, 0) is 31.0 Å². The number of hydrogen-bond acceptors (Lipinski definition) is 3. The Bertz CT molecular complexity index is 568. The van der Waals surface area contributed by atoms with Gasteiger partial charge in [0.15, 0.2) is 0 Å². The Kier molecular flexibility index (Phi) is 5.71. The molecular formula is C14H22N2O3S. The Labute approximate surface area is 120 Å². The van der Waals surface area contributed by atoms with Crippen molar-refractivity contribution in [1.29, 1.82) is 0 Å². The molecule has 0 aliphatic rings. The molecule has 0 bridgehead atoms. The molecule has 0 saturated carbocycles. The molecule has 1 amide bonds. The van der Waals surface area contributed by atoms with E-state index >= 15 is 0 Å². The van der Waals surface area contributed by atoms with E-state index in [0.29, 0.717) is 18.0 Å². The first-order chi connectivity index (χ1) is 9.27. The summed E-state index contributed by atoms with van der Waals surface area (Å²) in [5, 5.41) is 2.85. The quantitative estimate of drug-likeness (QED) is 0.840. The summed E-state index contributed by atoms with van der Waals surface area (Å²) in [7, 11) is -3.54. The van der Waals surface area contributed by atoms with Crippen LogP contribution in [0.5, 0.6) is 0 Å². The number of carbonyl (C=O) groups is 1. The maximum absolute atomic E-state index is 12.1. The number of amides is 1. The molecular weight excluding hydrogens is 276 g/mol. The van der Waals surface area contributed by atoms with Gasteiger partial charge in [0.25, 0.3) is 5.91 Å². The first-order valence-corrected chi connectivity index (χ1v) is 8.16. The van der Waals surface area contributed by atoms with Gasteiger partial charge in [0.05, 0.1) is 4.90 Å². The molecule has 1 aromatic carbocycles. The molecule has 1 unspecified atom stereocenters. The molecule has 0 saturated heterocycles. The van der Waals surface area contributed by atoms with E-state index in [1.807, 2.05) is 20.8 Å². The van der Waals surface area contributed by atoms with Crippen molar-refractivity contribution >= 4 is 15.9 Å². The smallest absolute Gasteiger partial charge is 0.251 e. The van der Waals surface area contributed by atoms with Gasteiger partial charge in [-0.2, -0.15) is 0 Å². The third-order valence-electron chi connectivity index (χ3n) is 3.10. The maximum Gasteiger partial charge on any atom is 0.251 e. The molecule has 0 aliphatic carbocycles. The largest absolute Gasteiger partial charge is 0.349 e. The van der Waals surface area contributed by atoms with Crippen LogP contribution in [0.15, 0.2) is 29.2 Å². The highest BCUT2D eigenvalue weighted by molar-refractivity contribution is 7.89. The van der Waals surface area contributed by atoms with Crippen molar-refractivity contribution < 1.29 is 13.2 Å². The highest BCUT2D eigenvalue weighted by atomic mass is 32.2. The van der Waals surface area contributed by atoms with Gasteiger partial charge in [0, 0.05) is 18.2 Å². The van der Waals surface area contributed by atoms with Crippen LogP contribution in [-0.2, 0) is 10.0 Å². The van der Waals surface area contributed by atoms with Crippen LogP contribution in [0.1, 0.15) is 38.1 Å². The minimum atomic E-state index is -3.54. The van der Waals surface area contributed by atoms with Crippen molar-refractivity contribution in [2.45, 2.75) is 38.6 Å². The highest BCUT2D eigenvalue weighted by Gasteiger charge is 2.17. The normalized spacial score (nSPS) is 13.2. The fraction of sp³-hybridized carbons (Fsp3) is 0.500. The predicted molar refractivity (Wildman–Crippen MR) is 79.1 cm³/mol. The number of benzene rings is 1. The minimum Gasteiger partial charge on any atom is -0.349 e. The molecule has 1 rings (SSSR count). The van der Waals surface area contributed by atoms with E-state index in [9.17, 15) is 13.2 Å². The van der Waals surface area contributed by atoms with Crippen molar-refractivity contribution in [2.24, 2.45) is 5.92 Å². The lowest BCUT2D eigenvalue weighted by molar-refractivity contribution is 0.0930. The van der Waals surface area contributed by atoms with Crippen LogP contribution in [0, 0.1) is 5.92 Å². The second-order valence-electron chi connectivity index (χ2n) is 5.04. The van der Waals surface area contributed by atoms with Crippen LogP contribution in [0.25, 0.3) is 0 Å². The summed E-state index contributed by atoms with van der Waals surface area (Å²) in [4.78, 5) is 12.2. The molecule has 0 radical (unpaired) electrons. The summed E-state index contributed by atoms with van der Waals surface area (Å²) in [6.45, 7) is 7.96. The topological polar surface area (TPSA) is 75.3 Å². The zero-order chi connectivity index (χ0) is 15.3. The molecule has 0 spiro atoms. The van der Waals surface area contributed by atoms with Crippen molar-refractivity contribution in [1.82, 2.24) is 10.0 Å². The minimum absolute atomic E-state index is 0.0246. The lowest BCUT2D eigenvalue weighted by Crippen LogP contribution is -2.36. The average Bonchev–Trinajstić information content (AvgIpc) is 2.38. The zero-order valence-corrected chi connectivity index (χ0v) is 13.1. The number of hydrogen-bond donors (Lipinski definition) is 2. The number of nitrogens with one attached hydrogen (secondary N) is 2. The SMILES string of the molecule is CCNS(=O)(=O)c1cccc(C(=O)NC(C)C(C)C)c1. The highest BCUT2D eigenvalue weighted by Crippen LogP contribution is 2.12. The molecule has 1 aromatic rings. The Balaban J connectivity index is 2.96. The third-order valence-corrected chi connectivity index (χ3v) is 4.64. The molecule has 5 nitrogen and oxygen atoms in total. The van der Waals surface area contributed by atoms with E-state index in [-0.39, 0.29) is 16.8 Å². The first kappa shape index (κ1) is 16.7. The molecule has 1 atom stereocenters. The molecule has 0 aromatic heterocycles. The molecule has 0 heterocycles. The van der Waals surface area contributed by atoms with E-state index < -0.39 is 10.0 Å². The lowest BCUT2D eigenvalue weighted by atomic mass is 10.1. The summed E-state index contributed by atoms with van der Waals surface area (Å²) in [6, 6.07) is 6.06. The van der Waals surface area contributed by atoms with Crippen LogP contribution in [-0.4, -0.2) is 26.9 Å². The fourth-order valence-electron chi connectivity index (χ4n) is 1.53. The Hall–Kier alpha value is -1.40. The van der Waals surface area contributed by atoms with Gasteiger partial charge in [-0.1, -0.05) is 26.8 Å². The van der Waals surface area contributed by atoms with E-state index in [0.717, 1.165) is 0 Å². The van der Waals surface area contributed by atoms with Gasteiger partial charge < -0.3 is 5.32 Å². The Morgan fingerprint density at radius 3 is 2.45 bits per heavy atom. The molecule has 112 valence electrons. The van der Waals surface area contributed by atoms with Crippen molar-refractivity contribution in [2.75, 3.05) is 6.54 Å². The standard InChI is InChI=1S/C14H22N2O3S/c1-5-15-20(18,19)13-8-6-7-12(9-13)14(17)16-11(4)10(2)3/h6-11,15H,5H2,1-4H3,(H,16,17). The van der Waals surface area contributed by atoms with Crippen LogP contribution in [0.2, 0.25) is 0 Å². The van der Waals surface area contributed by atoms with Gasteiger partial charge in [-0.3, -0.25) is 4.79 Å². The van der Waals surface area contributed by atoms with Crippen LogP contribution in [0.3, 0.4) is 0 Å². The molecule has 2 N–H and O–H groups in total.